The van der Waals surface area contributed by atoms with Gasteiger partial charge in [-0.25, -0.2) is 4.39 Å². The Bertz CT molecular complexity index is 1260. The van der Waals surface area contributed by atoms with Gasteiger partial charge in [0.05, 0.1) is 16.4 Å². The highest BCUT2D eigenvalue weighted by atomic mass is 32.2. The molecule has 0 bridgehead atoms. The largest absolute Gasteiger partial charge is 0.311 e. The van der Waals surface area contributed by atoms with Crippen LogP contribution in [-0.4, -0.2) is 25.6 Å². The van der Waals surface area contributed by atoms with E-state index in [9.17, 15) is 19.3 Å². The molecule has 0 N–H and O–H groups in total. The van der Waals surface area contributed by atoms with Gasteiger partial charge in [-0.1, -0.05) is 6.07 Å². The fourth-order valence-corrected chi connectivity index (χ4v) is 4.50. The molecule has 0 atom stereocenters. The summed E-state index contributed by atoms with van der Waals surface area (Å²) in [6.07, 6.45) is 1.50. The van der Waals surface area contributed by atoms with Crippen LogP contribution in [0.1, 0.15) is 15.2 Å². The minimum absolute atomic E-state index is 0.153. The van der Waals surface area contributed by atoms with Crippen molar-refractivity contribution < 1.29 is 14.1 Å². The molecule has 2 aromatic heterocycles. The number of nitrogens with zero attached hydrogens (tertiary/aromatic N) is 5. The molecule has 162 valence electrons. The molecule has 11 heteroatoms. The monoisotopic (exact) mass is 469 g/mol. The summed E-state index contributed by atoms with van der Waals surface area (Å²) in [7, 11) is 1.73. The van der Waals surface area contributed by atoms with E-state index in [1.807, 2.05) is 17.5 Å². The lowest BCUT2D eigenvalue weighted by Crippen LogP contribution is -2.30. The maximum atomic E-state index is 13.4. The van der Waals surface area contributed by atoms with E-state index in [1.165, 1.54) is 59.0 Å². The van der Waals surface area contributed by atoms with Crippen molar-refractivity contribution in [2.24, 2.45) is 7.05 Å². The summed E-state index contributed by atoms with van der Waals surface area (Å²) < 4.78 is 15.1. The zero-order valence-electron chi connectivity index (χ0n) is 16.7. The number of carbonyl (C=O) groups is 1. The van der Waals surface area contributed by atoms with Crippen molar-refractivity contribution in [1.29, 1.82) is 0 Å². The minimum atomic E-state index is -0.531. The van der Waals surface area contributed by atoms with E-state index >= 15 is 0 Å². The quantitative estimate of drug-likeness (QED) is 0.282. The summed E-state index contributed by atoms with van der Waals surface area (Å²) >= 11 is 2.57. The van der Waals surface area contributed by atoms with E-state index in [4.69, 9.17) is 0 Å². The van der Waals surface area contributed by atoms with E-state index in [-0.39, 0.29) is 17.8 Å². The van der Waals surface area contributed by atoms with Gasteiger partial charge in [-0.05, 0) is 59.6 Å². The molecule has 0 aliphatic rings. The Kier molecular flexibility index (Phi) is 6.28. The first-order chi connectivity index (χ1) is 15.4. The lowest BCUT2D eigenvalue weighted by molar-refractivity contribution is -0.387. The number of anilines is 1. The maximum absolute atomic E-state index is 13.4. The van der Waals surface area contributed by atoms with Crippen LogP contribution in [0.25, 0.3) is 0 Å². The number of aromatic nitrogens is 3. The first kappa shape index (κ1) is 21.7. The van der Waals surface area contributed by atoms with Crippen molar-refractivity contribution >= 4 is 40.4 Å². The first-order valence-corrected chi connectivity index (χ1v) is 11.0. The third-order valence-corrected chi connectivity index (χ3v) is 6.53. The summed E-state index contributed by atoms with van der Waals surface area (Å²) in [5.41, 5.74) is 0.434. The summed E-state index contributed by atoms with van der Waals surface area (Å²) in [6.45, 7) is 0.255. The summed E-state index contributed by atoms with van der Waals surface area (Å²) in [5.74, 6) is -0.846. The zero-order chi connectivity index (χ0) is 22.7. The number of hydrogen-bond donors (Lipinski definition) is 0. The van der Waals surface area contributed by atoms with Crippen molar-refractivity contribution in [2.45, 2.75) is 16.6 Å². The second-order valence-electron chi connectivity index (χ2n) is 6.71. The number of amides is 1. The van der Waals surface area contributed by atoms with Crippen LogP contribution in [-0.2, 0) is 13.6 Å². The van der Waals surface area contributed by atoms with Crippen LogP contribution in [0.5, 0.6) is 0 Å². The smallest absolute Gasteiger partial charge is 0.284 e. The van der Waals surface area contributed by atoms with Crippen LogP contribution in [0, 0.1) is 15.9 Å². The van der Waals surface area contributed by atoms with Crippen molar-refractivity contribution in [3.8, 4) is 0 Å². The highest BCUT2D eigenvalue weighted by Crippen LogP contribution is 2.35. The highest BCUT2D eigenvalue weighted by Gasteiger charge is 2.24. The summed E-state index contributed by atoms with van der Waals surface area (Å²) in [6, 6.07) is 13.6. The van der Waals surface area contributed by atoms with E-state index in [0.717, 1.165) is 16.6 Å². The molecule has 0 saturated heterocycles. The predicted molar refractivity (Wildman–Crippen MR) is 119 cm³/mol. The van der Waals surface area contributed by atoms with Gasteiger partial charge in [0, 0.05) is 29.2 Å². The number of benzene rings is 2. The normalized spacial score (nSPS) is 10.8. The van der Waals surface area contributed by atoms with Crippen molar-refractivity contribution in [2.75, 3.05) is 4.90 Å². The van der Waals surface area contributed by atoms with E-state index in [2.05, 4.69) is 10.2 Å². The first-order valence-electron chi connectivity index (χ1n) is 9.32. The highest BCUT2D eigenvalue weighted by molar-refractivity contribution is 7.99. The molecular formula is C21H16FN5O3S2. The third kappa shape index (κ3) is 4.68. The van der Waals surface area contributed by atoms with Gasteiger partial charge in [0.1, 0.15) is 12.1 Å². The molecule has 0 aliphatic heterocycles. The second-order valence-corrected chi connectivity index (χ2v) is 8.75. The van der Waals surface area contributed by atoms with Gasteiger partial charge in [0.15, 0.2) is 5.16 Å². The molecule has 0 saturated carbocycles. The van der Waals surface area contributed by atoms with Gasteiger partial charge < -0.3 is 9.47 Å². The fourth-order valence-electron chi connectivity index (χ4n) is 2.96. The van der Waals surface area contributed by atoms with E-state index in [0.29, 0.717) is 15.7 Å². The standard InChI is InChI=1S/C21H16FN5O3S2/c1-25-13-23-24-21(25)32-19-9-4-14(11-18(19)27(29)30)20(28)26(12-17-3-2-10-31-17)16-7-5-15(22)6-8-16/h2-11,13H,12H2,1H3. The molecule has 0 unspecified atom stereocenters. The molecule has 1 amide bonds. The van der Waals surface area contributed by atoms with Gasteiger partial charge in [-0.15, -0.1) is 21.5 Å². The molecule has 32 heavy (non-hydrogen) atoms. The van der Waals surface area contributed by atoms with Crippen LogP contribution in [0.2, 0.25) is 0 Å². The Hall–Kier alpha value is -3.57. The van der Waals surface area contributed by atoms with Crippen LogP contribution >= 0.6 is 23.1 Å². The average Bonchev–Trinajstić information content (AvgIpc) is 3.44. The van der Waals surface area contributed by atoms with Gasteiger partial charge in [-0.2, -0.15) is 0 Å². The van der Waals surface area contributed by atoms with Crippen LogP contribution in [0.15, 0.2) is 76.4 Å². The van der Waals surface area contributed by atoms with Crippen molar-refractivity contribution in [3.05, 3.63) is 92.7 Å². The Balaban J connectivity index is 1.69. The molecule has 0 spiro atoms. The Morgan fingerprint density at radius 2 is 2.03 bits per heavy atom. The van der Waals surface area contributed by atoms with Gasteiger partial charge in [0.25, 0.3) is 11.6 Å². The van der Waals surface area contributed by atoms with Gasteiger partial charge in [0.2, 0.25) is 0 Å². The number of rotatable bonds is 7. The molecule has 0 radical (unpaired) electrons. The molecule has 2 aromatic carbocycles. The van der Waals surface area contributed by atoms with Gasteiger partial charge >= 0.3 is 0 Å². The number of aryl methyl sites for hydroxylation is 1. The van der Waals surface area contributed by atoms with Crippen molar-refractivity contribution in [3.63, 3.8) is 0 Å². The van der Waals surface area contributed by atoms with Crippen LogP contribution < -0.4 is 4.90 Å². The molecule has 4 aromatic rings. The van der Waals surface area contributed by atoms with Gasteiger partial charge in [-0.3, -0.25) is 14.9 Å². The zero-order valence-corrected chi connectivity index (χ0v) is 18.3. The summed E-state index contributed by atoms with van der Waals surface area (Å²) in [4.78, 5) is 27.3. The van der Waals surface area contributed by atoms with E-state index < -0.39 is 16.6 Å². The summed E-state index contributed by atoms with van der Waals surface area (Å²) in [5, 5.41) is 21.8. The average molecular weight is 470 g/mol. The van der Waals surface area contributed by atoms with Crippen LogP contribution in [0.3, 0.4) is 0 Å². The molecular weight excluding hydrogens is 453 g/mol. The lowest BCUT2D eigenvalue weighted by Gasteiger charge is -2.22. The molecule has 2 heterocycles. The Labute approximate surface area is 190 Å². The fraction of sp³-hybridized carbons (Fsp3) is 0.0952. The maximum Gasteiger partial charge on any atom is 0.284 e. The molecule has 4 rings (SSSR count). The number of hydrogen-bond acceptors (Lipinski definition) is 7. The topological polar surface area (TPSA) is 94.2 Å². The number of nitro groups is 1. The second kappa shape index (κ2) is 9.28. The third-order valence-electron chi connectivity index (χ3n) is 4.55. The van der Waals surface area contributed by atoms with E-state index in [1.54, 1.807) is 17.7 Å². The molecule has 8 nitrogen and oxygen atoms in total. The lowest BCUT2D eigenvalue weighted by atomic mass is 10.1. The number of halogens is 1. The minimum Gasteiger partial charge on any atom is -0.311 e. The van der Waals surface area contributed by atoms with Crippen molar-refractivity contribution in [1.82, 2.24) is 14.8 Å². The molecule has 0 fully saturated rings. The number of carbonyl (C=O) groups excluding carboxylic acids is 1. The number of nitro benzene ring substituents is 1. The molecule has 0 aliphatic carbocycles. The number of thiophene rings is 1. The predicted octanol–water partition coefficient (Wildman–Crippen LogP) is 4.92. The Morgan fingerprint density at radius 1 is 1.25 bits per heavy atom. The Morgan fingerprint density at radius 3 is 2.66 bits per heavy atom. The van der Waals surface area contributed by atoms with Crippen LogP contribution in [0.4, 0.5) is 15.8 Å². The SMILES string of the molecule is Cn1cnnc1Sc1ccc(C(=O)N(Cc2cccs2)c2ccc(F)cc2)cc1[N+](=O)[O-].